The summed E-state index contributed by atoms with van der Waals surface area (Å²) >= 11 is 0. The van der Waals surface area contributed by atoms with E-state index in [9.17, 15) is 28.2 Å². The number of nitro groups is 1. The third-order valence-electron chi connectivity index (χ3n) is 4.66. The van der Waals surface area contributed by atoms with Crippen LogP contribution in [0.2, 0.25) is 0 Å². The Kier molecular flexibility index (Phi) is 6.32. The third-order valence-corrected chi connectivity index (χ3v) is 6.55. The molecule has 1 unspecified atom stereocenters. The lowest BCUT2D eigenvalue weighted by Crippen LogP contribution is -2.42. The molecule has 1 fully saturated rings. The Morgan fingerprint density at radius 1 is 1.42 bits per heavy atom. The number of nitrogens with one attached hydrogen (secondary N) is 1. The molecule has 13 heteroatoms. The molecule has 3 rings (SSSR count). The molecule has 1 N–H and O–H groups in total. The first-order chi connectivity index (χ1) is 14.7. The van der Waals surface area contributed by atoms with Crippen LogP contribution in [-0.4, -0.2) is 56.2 Å². The molecule has 164 valence electrons. The molecule has 0 saturated carbocycles. The maximum absolute atomic E-state index is 14.2. The van der Waals surface area contributed by atoms with Crippen LogP contribution in [0.15, 0.2) is 29.2 Å². The standard InChI is InChI=1S/C18H19FN6O5S/c1-11-10-24(7-8-30-11)17-16(25(26)27)15(22-18(21-2)23-17)14(9-20)31(28,29)13-6-4-3-5-12(13)19/h3-6,11,14H,7-8,10H2,1-2H3,(H,21,22,23)/t11-,14?/m1/s1. The molecule has 31 heavy (non-hydrogen) atoms. The smallest absolute Gasteiger partial charge is 0.335 e. The number of nitriles is 1. The second kappa shape index (κ2) is 8.78. The van der Waals surface area contributed by atoms with Crippen LogP contribution in [0.5, 0.6) is 0 Å². The van der Waals surface area contributed by atoms with E-state index in [1.165, 1.54) is 19.2 Å². The van der Waals surface area contributed by atoms with E-state index in [1.807, 2.05) is 0 Å². The van der Waals surface area contributed by atoms with Crippen LogP contribution in [0.3, 0.4) is 0 Å². The molecule has 2 heterocycles. The van der Waals surface area contributed by atoms with E-state index in [2.05, 4.69) is 15.3 Å². The quantitative estimate of drug-likeness (QED) is 0.509. The fourth-order valence-electron chi connectivity index (χ4n) is 3.24. The highest BCUT2D eigenvalue weighted by Crippen LogP contribution is 2.39. The van der Waals surface area contributed by atoms with Crippen molar-refractivity contribution in [2.45, 2.75) is 23.2 Å². The molecule has 11 nitrogen and oxygen atoms in total. The fourth-order valence-corrected chi connectivity index (χ4v) is 4.70. The molecule has 1 saturated heterocycles. The molecular weight excluding hydrogens is 431 g/mol. The highest BCUT2D eigenvalue weighted by atomic mass is 32.2. The predicted molar refractivity (Wildman–Crippen MR) is 108 cm³/mol. The number of ether oxygens (including phenoxy) is 1. The zero-order valence-electron chi connectivity index (χ0n) is 16.6. The largest absolute Gasteiger partial charge is 0.375 e. The average molecular weight is 450 g/mol. The molecule has 0 spiro atoms. The fraction of sp³-hybridized carbons (Fsp3) is 0.389. The van der Waals surface area contributed by atoms with Crippen LogP contribution >= 0.6 is 0 Å². The second-order valence-corrected chi connectivity index (χ2v) is 8.73. The van der Waals surface area contributed by atoms with Gasteiger partial charge < -0.3 is 15.0 Å². The molecular formula is C18H19FN6O5S. The van der Waals surface area contributed by atoms with Gasteiger partial charge in [-0.15, -0.1) is 0 Å². The zero-order valence-corrected chi connectivity index (χ0v) is 17.5. The third kappa shape index (κ3) is 4.25. The number of halogens is 1. The van der Waals surface area contributed by atoms with E-state index < -0.39 is 42.1 Å². The molecule has 1 aromatic carbocycles. The summed E-state index contributed by atoms with van der Waals surface area (Å²) in [4.78, 5) is 20.1. The van der Waals surface area contributed by atoms with Crippen molar-refractivity contribution in [1.29, 1.82) is 5.26 Å². The highest BCUT2D eigenvalue weighted by Gasteiger charge is 2.41. The summed E-state index contributed by atoms with van der Waals surface area (Å²) in [5.41, 5.74) is -1.36. The van der Waals surface area contributed by atoms with Crippen LogP contribution < -0.4 is 10.2 Å². The van der Waals surface area contributed by atoms with Gasteiger partial charge in [-0.1, -0.05) is 12.1 Å². The first-order valence-corrected chi connectivity index (χ1v) is 10.7. The summed E-state index contributed by atoms with van der Waals surface area (Å²) < 4.78 is 45.9. The summed E-state index contributed by atoms with van der Waals surface area (Å²) in [5, 5.41) is 22.2. The lowest BCUT2D eigenvalue weighted by atomic mass is 10.2. The maximum Gasteiger partial charge on any atom is 0.335 e. The van der Waals surface area contributed by atoms with Crippen LogP contribution in [0.25, 0.3) is 0 Å². The minimum atomic E-state index is -4.68. The molecule has 0 amide bonds. The van der Waals surface area contributed by atoms with Crippen molar-refractivity contribution >= 4 is 27.3 Å². The van der Waals surface area contributed by atoms with Crippen LogP contribution in [0.1, 0.15) is 17.9 Å². The molecule has 1 aromatic heterocycles. The van der Waals surface area contributed by atoms with E-state index in [0.29, 0.717) is 0 Å². The number of nitrogens with zero attached hydrogens (tertiary/aromatic N) is 5. The minimum absolute atomic E-state index is 0.112. The van der Waals surface area contributed by atoms with Gasteiger partial charge >= 0.3 is 5.69 Å². The number of rotatable bonds is 6. The van der Waals surface area contributed by atoms with Gasteiger partial charge in [-0.25, -0.2) is 17.8 Å². The molecule has 0 radical (unpaired) electrons. The van der Waals surface area contributed by atoms with E-state index >= 15 is 0 Å². The highest BCUT2D eigenvalue weighted by molar-refractivity contribution is 7.92. The minimum Gasteiger partial charge on any atom is -0.375 e. The van der Waals surface area contributed by atoms with Crippen LogP contribution in [0.4, 0.5) is 21.8 Å². The maximum atomic E-state index is 14.2. The Morgan fingerprint density at radius 3 is 2.71 bits per heavy atom. The van der Waals surface area contributed by atoms with Gasteiger partial charge in [0.2, 0.25) is 26.9 Å². The first kappa shape index (κ1) is 22.3. The number of aromatic nitrogens is 2. The van der Waals surface area contributed by atoms with Crippen LogP contribution in [-0.2, 0) is 14.6 Å². The number of anilines is 2. The Hall–Kier alpha value is -3.37. The van der Waals surface area contributed by atoms with Gasteiger partial charge in [0.05, 0.1) is 23.7 Å². The van der Waals surface area contributed by atoms with E-state index in [-0.39, 0.29) is 37.6 Å². The average Bonchev–Trinajstić information content (AvgIpc) is 2.73. The molecule has 0 bridgehead atoms. The number of hydrogen-bond donors (Lipinski definition) is 1. The van der Waals surface area contributed by atoms with Crippen molar-refractivity contribution in [3.05, 3.63) is 45.9 Å². The van der Waals surface area contributed by atoms with Crippen molar-refractivity contribution in [2.24, 2.45) is 0 Å². The van der Waals surface area contributed by atoms with Gasteiger partial charge in [0.1, 0.15) is 10.7 Å². The summed E-state index contributed by atoms with van der Waals surface area (Å²) in [7, 11) is -3.23. The van der Waals surface area contributed by atoms with Gasteiger partial charge in [-0.3, -0.25) is 10.1 Å². The topological polar surface area (TPSA) is 151 Å². The van der Waals surface area contributed by atoms with Gasteiger partial charge in [0.25, 0.3) is 0 Å². The van der Waals surface area contributed by atoms with Crippen molar-refractivity contribution in [3.8, 4) is 6.07 Å². The second-order valence-electron chi connectivity index (χ2n) is 6.72. The molecule has 2 aromatic rings. The first-order valence-electron chi connectivity index (χ1n) is 9.19. The van der Waals surface area contributed by atoms with Gasteiger partial charge in [0.15, 0.2) is 5.69 Å². The Labute approximate surface area is 177 Å². The van der Waals surface area contributed by atoms with Gasteiger partial charge in [0, 0.05) is 20.1 Å². The summed E-state index contributed by atoms with van der Waals surface area (Å²) in [6.07, 6.45) is -0.251. The molecule has 0 aliphatic carbocycles. The summed E-state index contributed by atoms with van der Waals surface area (Å²) in [6.45, 7) is 2.58. The number of sulfone groups is 1. The van der Waals surface area contributed by atoms with E-state index in [4.69, 9.17) is 4.74 Å². The van der Waals surface area contributed by atoms with E-state index in [0.717, 1.165) is 12.1 Å². The van der Waals surface area contributed by atoms with Gasteiger partial charge in [-0.05, 0) is 19.1 Å². The normalized spacial score (nSPS) is 17.6. The summed E-state index contributed by atoms with van der Waals surface area (Å²) in [5.74, 6) is -1.33. The monoisotopic (exact) mass is 450 g/mol. The summed E-state index contributed by atoms with van der Waals surface area (Å²) in [6, 6.07) is 6.05. The van der Waals surface area contributed by atoms with Crippen molar-refractivity contribution in [2.75, 3.05) is 37.0 Å². The van der Waals surface area contributed by atoms with Crippen LogP contribution in [0, 0.1) is 27.3 Å². The lowest BCUT2D eigenvalue weighted by molar-refractivity contribution is -0.385. The van der Waals surface area contributed by atoms with E-state index in [1.54, 1.807) is 17.9 Å². The Balaban J connectivity index is 2.26. The number of benzene rings is 1. The number of hydrogen-bond acceptors (Lipinski definition) is 10. The molecule has 1 aliphatic rings. The number of morpholine rings is 1. The SMILES string of the molecule is CNc1nc(C(C#N)S(=O)(=O)c2ccccc2F)c([N+](=O)[O-])c(N2CCO[C@H](C)C2)n1. The Morgan fingerprint density at radius 2 is 2.13 bits per heavy atom. The lowest BCUT2D eigenvalue weighted by Gasteiger charge is -2.32. The van der Waals surface area contributed by atoms with Crippen molar-refractivity contribution in [3.63, 3.8) is 0 Å². The molecule has 1 aliphatic heterocycles. The van der Waals surface area contributed by atoms with Crippen molar-refractivity contribution in [1.82, 2.24) is 9.97 Å². The van der Waals surface area contributed by atoms with Crippen molar-refractivity contribution < 1.29 is 22.5 Å². The Bertz CT molecular complexity index is 1150. The predicted octanol–water partition coefficient (Wildman–Crippen LogP) is 1.83. The van der Waals surface area contributed by atoms with Gasteiger partial charge in [-0.2, -0.15) is 10.2 Å². The zero-order chi connectivity index (χ0) is 22.8. The molecule has 2 atom stereocenters.